The van der Waals surface area contributed by atoms with Crippen LogP contribution < -0.4 is 10.6 Å². The second-order valence-electron chi connectivity index (χ2n) is 3.79. The summed E-state index contributed by atoms with van der Waals surface area (Å²) in [7, 11) is 2.15. The third-order valence-corrected chi connectivity index (χ3v) is 2.90. The molecule has 1 aromatic carbocycles. The number of rotatable bonds is 2. The van der Waals surface area contributed by atoms with Crippen molar-refractivity contribution in [2.24, 2.45) is 0 Å². The zero-order chi connectivity index (χ0) is 9.26. The first-order chi connectivity index (χ1) is 6.27. The van der Waals surface area contributed by atoms with Gasteiger partial charge in [-0.25, -0.2) is 0 Å². The predicted molar refractivity (Wildman–Crippen MR) is 56.9 cm³/mol. The lowest BCUT2D eigenvalue weighted by molar-refractivity contribution is 0.401. The Bertz CT molecular complexity index is 292. The zero-order valence-corrected chi connectivity index (χ0v) is 8.03. The van der Waals surface area contributed by atoms with E-state index in [1.165, 1.54) is 24.9 Å². The molecule has 0 saturated heterocycles. The second-order valence-corrected chi connectivity index (χ2v) is 3.79. The predicted octanol–water partition coefficient (Wildman–Crippen LogP) is 2.26. The maximum atomic E-state index is 5.73. The fourth-order valence-electron chi connectivity index (χ4n) is 1.73. The van der Waals surface area contributed by atoms with E-state index in [1.54, 1.807) is 0 Å². The lowest BCUT2D eigenvalue weighted by atomic mass is 9.91. The molecule has 0 heterocycles. The fraction of sp³-hybridized carbons (Fsp3) is 0.455. The van der Waals surface area contributed by atoms with Crippen molar-refractivity contribution in [1.82, 2.24) is 0 Å². The van der Waals surface area contributed by atoms with Gasteiger partial charge < -0.3 is 10.6 Å². The average molecular weight is 176 g/mol. The van der Waals surface area contributed by atoms with Crippen molar-refractivity contribution in [2.75, 3.05) is 17.7 Å². The number of hydrogen-bond acceptors (Lipinski definition) is 2. The molecule has 1 aromatic rings. The number of nitrogen functional groups attached to an aromatic ring is 1. The minimum atomic E-state index is 0.738. The first-order valence-electron chi connectivity index (χ1n) is 4.86. The van der Waals surface area contributed by atoms with Crippen LogP contribution in [0.3, 0.4) is 0 Å². The van der Waals surface area contributed by atoms with Crippen molar-refractivity contribution in [3.05, 3.63) is 24.3 Å². The summed E-state index contributed by atoms with van der Waals surface area (Å²) in [5.74, 6) is 0. The monoisotopic (exact) mass is 176 g/mol. The highest BCUT2D eigenvalue weighted by Gasteiger charge is 2.21. The van der Waals surface area contributed by atoms with Crippen LogP contribution in [0, 0.1) is 0 Å². The molecule has 1 aliphatic carbocycles. The Morgan fingerprint density at radius 1 is 1.38 bits per heavy atom. The topological polar surface area (TPSA) is 29.3 Å². The molecule has 0 radical (unpaired) electrons. The van der Waals surface area contributed by atoms with Crippen LogP contribution in [0.1, 0.15) is 19.3 Å². The highest BCUT2D eigenvalue weighted by Crippen LogP contribution is 2.28. The number of nitrogens with two attached hydrogens (primary N) is 1. The van der Waals surface area contributed by atoms with Gasteiger partial charge in [0.05, 0.1) is 0 Å². The van der Waals surface area contributed by atoms with E-state index < -0.39 is 0 Å². The molecule has 0 amide bonds. The highest BCUT2D eigenvalue weighted by atomic mass is 15.1. The van der Waals surface area contributed by atoms with Gasteiger partial charge in [-0.3, -0.25) is 0 Å². The Kier molecular flexibility index (Phi) is 2.13. The molecule has 70 valence electrons. The molecule has 1 saturated carbocycles. The maximum absolute atomic E-state index is 5.73. The van der Waals surface area contributed by atoms with Gasteiger partial charge in [0.2, 0.25) is 0 Å². The van der Waals surface area contributed by atoms with E-state index in [0.717, 1.165) is 11.7 Å². The zero-order valence-electron chi connectivity index (χ0n) is 8.03. The van der Waals surface area contributed by atoms with Gasteiger partial charge in [-0.1, -0.05) is 6.07 Å². The molecule has 13 heavy (non-hydrogen) atoms. The van der Waals surface area contributed by atoms with Gasteiger partial charge in [0, 0.05) is 24.5 Å². The van der Waals surface area contributed by atoms with E-state index in [-0.39, 0.29) is 0 Å². The van der Waals surface area contributed by atoms with Crippen LogP contribution in [0.4, 0.5) is 11.4 Å². The largest absolute Gasteiger partial charge is 0.399 e. The normalized spacial score (nSPS) is 16.7. The standard InChI is InChI=1S/C11H16N2/c1-13(10-5-3-6-10)11-7-2-4-9(12)8-11/h2,4,7-8,10H,3,5-6,12H2,1H3. The highest BCUT2D eigenvalue weighted by molar-refractivity contribution is 5.56. The van der Waals surface area contributed by atoms with E-state index in [1.807, 2.05) is 18.2 Å². The van der Waals surface area contributed by atoms with Gasteiger partial charge in [-0.15, -0.1) is 0 Å². The van der Waals surface area contributed by atoms with Crippen LogP contribution in [-0.4, -0.2) is 13.1 Å². The molecule has 0 atom stereocenters. The van der Waals surface area contributed by atoms with E-state index in [2.05, 4.69) is 18.0 Å². The van der Waals surface area contributed by atoms with Gasteiger partial charge in [0.15, 0.2) is 0 Å². The van der Waals surface area contributed by atoms with Crippen LogP contribution in [0.15, 0.2) is 24.3 Å². The molecule has 0 spiro atoms. The Labute approximate surface area is 79.4 Å². The summed E-state index contributed by atoms with van der Waals surface area (Å²) in [6, 6.07) is 8.84. The summed E-state index contributed by atoms with van der Waals surface area (Å²) >= 11 is 0. The Morgan fingerprint density at radius 2 is 2.15 bits per heavy atom. The minimum Gasteiger partial charge on any atom is -0.399 e. The number of hydrogen-bond donors (Lipinski definition) is 1. The smallest absolute Gasteiger partial charge is 0.0386 e. The molecule has 2 N–H and O–H groups in total. The summed E-state index contributed by atoms with van der Waals surface area (Å²) in [6.45, 7) is 0. The van der Waals surface area contributed by atoms with E-state index in [4.69, 9.17) is 5.73 Å². The third-order valence-electron chi connectivity index (χ3n) is 2.90. The molecule has 0 bridgehead atoms. The van der Waals surface area contributed by atoms with E-state index in [0.29, 0.717) is 0 Å². The van der Waals surface area contributed by atoms with Gasteiger partial charge in [-0.05, 0) is 37.5 Å². The molecular weight excluding hydrogens is 160 g/mol. The Hall–Kier alpha value is -1.18. The van der Waals surface area contributed by atoms with Gasteiger partial charge in [-0.2, -0.15) is 0 Å². The van der Waals surface area contributed by atoms with Crippen molar-refractivity contribution in [2.45, 2.75) is 25.3 Å². The maximum Gasteiger partial charge on any atom is 0.0386 e. The molecule has 2 heteroatoms. The fourth-order valence-corrected chi connectivity index (χ4v) is 1.73. The first-order valence-corrected chi connectivity index (χ1v) is 4.86. The van der Waals surface area contributed by atoms with Crippen LogP contribution in [0.25, 0.3) is 0 Å². The number of anilines is 2. The summed E-state index contributed by atoms with van der Waals surface area (Å²) in [5.41, 5.74) is 7.82. The molecule has 1 fully saturated rings. The van der Waals surface area contributed by atoms with Gasteiger partial charge >= 0.3 is 0 Å². The van der Waals surface area contributed by atoms with Crippen LogP contribution >= 0.6 is 0 Å². The van der Waals surface area contributed by atoms with Crippen LogP contribution in [0.2, 0.25) is 0 Å². The Balaban J connectivity index is 2.14. The minimum absolute atomic E-state index is 0.738. The van der Waals surface area contributed by atoms with Crippen LogP contribution in [-0.2, 0) is 0 Å². The SMILES string of the molecule is CN(c1cccc(N)c1)C1CCC1. The third kappa shape index (κ3) is 1.62. The first kappa shape index (κ1) is 8.42. The molecule has 0 unspecified atom stereocenters. The number of nitrogens with zero attached hydrogens (tertiary/aromatic N) is 1. The Morgan fingerprint density at radius 3 is 2.69 bits per heavy atom. The van der Waals surface area contributed by atoms with Gasteiger partial charge in [0.25, 0.3) is 0 Å². The average Bonchev–Trinajstić information content (AvgIpc) is 2.01. The molecule has 0 aliphatic heterocycles. The van der Waals surface area contributed by atoms with Crippen molar-refractivity contribution in [3.63, 3.8) is 0 Å². The van der Waals surface area contributed by atoms with Crippen molar-refractivity contribution in [3.8, 4) is 0 Å². The van der Waals surface area contributed by atoms with Gasteiger partial charge in [0.1, 0.15) is 0 Å². The number of benzene rings is 1. The lowest BCUT2D eigenvalue weighted by Gasteiger charge is -2.36. The second kappa shape index (κ2) is 3.29. The summed E-state index contributed by atoms with van der Waals surface area (Å²) in [6.07, 6.45) is 4.02. The summed E-state index contributed by atoms with van der Waals surface area (Å²) in [5, 5.41) is 0. The lowest BCUT2D eigenvalue weighted by Crippen LogP contribution is -2.37. The summed E-state index contributed by atoms with van der Waals surface area (Å²) in [4.78, 5) is 2.33. The molecular formula is C11H16N2. The summed E-state index contributed by atoms with van der Waals surface area (Å²) < 4.78 is 0. The quantitative estimate of drug-likeness (QED) is 0.700. The molecule has 1 aliphatic rings. The molecule has 0 aromatic heterocycles. The molecule has 2 nitrogen and oxygen atoms in total. The van der Waals surface area contributed by atoms with Crippen molar-refractivity contribution >= 4 is 11.4 Å². The molecule has 2 rings (SSSR count). The van der Waals surface area contributed by atoms with E-state index >= 15 is 0 Å². The van der Waals surface area contributed by atoms with Crippen molar-refractivity contribution in [1.29, 1.82) is 0 Å². The van der Waals surface area contributed by atoms with E-state index in [9.17, 15) is 0 Å². The van der Waals surface area contributed by atoms with Crippen LogP contribution in [0.5, 0.6) is 0 Å². The van der Waals surface area contributed by atoms with Crippen molar-refractivity contribution < 1.29 is 0 Å².